The monoisotopic (exact) mass is 143 g/mol. The van der Waals surface area contributed by atoms with Crippen LogP contribution in [0.4, 0.5) is 0 Å². The van der Waals surface area contributed by atoms with Crippen LogP contribution in [0.1, 0.15) is 38.5 Å². The Morgan fingerprint density at radius 1 is 1.11 bits per heavy atom. The highest BCUT2D eigenvalue weighted by atomic mass is 32.1. The fourth-order valence-corrected chi connectivity index (χ4v) is 1.98. The molecule has 0 aromatic rings. The molecule has 1 saturated carbocycles. The van der Waals surface area contributed by atoms with Crippen molar-refractivity contribution >= 4 is 12.6 Å². The van der Waals surface area contributed by atoms with E-state index in [2.05, 4.69) is 0 Å². The number of rotatable bonds is 2. The first-order valence-electron chi connectivity index (χ1n) is 4.01. The van der Waals surface area contributed by atoms with E-state index in [0.717, 1.165) is 11.7 Å². The van der Waals surface area contributed by atoms with Gasteiger partial charge in [0.1, 0.15) is 0 Å². The molecule has 0 unspecified atom stereocenters. The van der Waals surface area contributed by atoms with Crippen molar-refractivity contribution in [3.63, 3.8) is 0 Å². The zero-order chi connectivity index (χ0) is 6.53. The Labute approximate surface area is 63.4 Å². The minimum atomic E-state index is 0.977. The Kier molecular flexibility index (Phi) is 3.49. The van der Waals surface area contributed by atoms with Crippen molar-refractivity contribution in [1.29, 1.82) is 0 Å². The lowest BCUT2D eigenvalue weighted by Gasteiger charge is -2.19. The molecule has 0 atom stereocenters. The van der Waals surface area contributed by atoms with Crippen molar-refractivity contribution in [3.05, 3.63) is 0 Å². The van der Waals surface area contributed by atoms with Crippen molar-refractivity contribution in [2.75, 3.05) is 5.75 Å². The summed E-state index contributed by atoms with van der Waals surface area (Å²) in [4.78, 5) is 0. The lowest BCUT2D eigenvalue weighted by atomic mass is 9.88. The summed E-state index contributed by atoms with van der Waals surface area (Å²) in [5.74, 6) is 1.97. The minimum Gasteiger partial charge on any atom is -0.0941 e. The molecule has 0 aliphatic heterocycles. The van der Waals surface area contributed by atoms with Crippen LogP contribution in [0, 0.1) is 5.92 Å². The molecule has 0 saturated heterocycles. The molecule has 1 fully saturated rings. The second kappa shape index (κ2) is 4.21. The van der Waals surface area contributed by atoms with Gasteiger partial charge >= 0.3 is 0 Å². The zero-order valence-electron chi connectivity index (χ0n) is 5.94. The molecule has 0 aromatic heterocycles. The normalized spacial score (nSPS) is 22.3. The van der Waals surface area contributed by atoms with E-state index < -0.39 is 0 Å². The highest BCUT2D eigenvalue weighted by Gasteiger charge is 2.11. The van der Waals surface area contributed by atoms with E-state index >= 15 is 0 Å². The van der Waals surface area contributed by atoms with E-state index in [1.54, 1.807) is 0 Å². The van der Waals surface area contributed by atoms with Gasteiger partial charge in [-0.3, -0.25) is 0 Å². The van der Waals surface area contributed by atoms with E-state index in [-0.39, 0.29) is 0 Å². The Morgan fingerprint density at radius 3 is 2.33 bits per heavy atom. The molecule has 53 valence electrons. The molecule has 1 aliphatic rings. The van der Waals surface area contributed by atoms with Gasteiger partial charge in [0.2, 0.25) is 0 Å². The molecule has 1 aliphatic carbocycles. The average Bonchev–Trinajstić information content (AvgIpc) is 1.91. The molecule has 0 N–H and O–H groups in total. The first-order valence-corrected chi connectivity index (χ1v) is 4.59. The Bertz CT molecular complexity index is 62.2. The molecule has 0 bridgehead atoms. The van der Waals surface area contributed by atoms with Gasteiger partial charge in [0, 0.05) is 5.75 Å². The van der Waals surface area contributed by atoms with E-state index in [1.807, 2.05) is 0 Å². The Morgan fingerprint density at radius 2 is 1.78 bits per heavy atom. The van der Waals surface area contributed by atoms with E-state index in [0.29, 0.717) is 0 Å². The second-order valence-corrected chi connectivity index (χ2v) is 3.41. The van der Waals surface area contributed by atoms with Crippen LogP contribution in [0.15, 0.2) is 0 Å². The van der Waals surface area contributed by atoms with Crippen molar-refractivity contribution in [2.45, 2.75) is 38.5 Å². The van der Waals surface area contributed by atoms with Crippen molar-refractivity contribution in [3.8, 4) is 0 Å². The summed E-state index contributed by atoms with van der Waals surface area (Å²) in [5, 5.41) is 0. The van der Waals surface area contributed by atoms with Gasteiger partial charge in [0.15, 0.2) is 0 Å². The summed E-state index contributed by atoms with van der Waals surface area (Å²) in [6.45, 7) is 0. The molecule has 0 aromatic carbocycles. The topological polar surface area (TPSA) is 0 Å². The molecule has 1 heteroatoms. The van der Waals surface area contributed by atoms with Gasteiger partial charge < -0.3 is 0 Å². The van der Waals surface area contributed by atoms with Crippen LogP contribution in [0.5, 0.6) is 0 Å². The van der Waals surface area contributed by atoms with Crippen molar-refractivity contribution < 1.29 is 0 Å². The van der Waals surface area contributed by atoms with Gasteiger partial charge in [-0.2, -0.15) is 0 Å². The number of hydrogen-bond donors (Lipinski definition) is 0. The molecule has 0 amide bonds. The van der Waals surface area contributed by atoms with E-state index in [9.17, 15) is 0 Å². The molecule has 0 nitrogen and oxygen atoms in total. The van der Waals surface area contributed by atoms with Crippen molar-refractivity contribution in [2.24, 2.45) is 5.92 Å². The van der Waals surface area contributed by atoms with E-state index in [4.69, 9.17) is 12.6 Å². The van der Waals surface area contributed by atoms with Gasteiger partial charge in [-0.05, 0) is 12.3 Å². The highest BCUT2D eigenvalue weighted by Crippen LogP contribution is 2.26. The van der Waals surface area contributed by atoms with Crippen molar-refractivity contribution in [1.82, 2.24) is 0 Å². The minimum absolute atomic E-state index is 0.977. The predicted octanol–water partition coefficient (Wildman–Crippen LogP) is 3.15. The van der Waals surface area contributed by atoms with Crippen LogP contribution < -0.4 is 0 Å². The summed E-state index contributed by atoms with van der Waals surface area (Å²) < 4.78 is 0. The van der Waals surface area contributed by atoms with Gasteiger partial charge in [0.25, 0.3) is 0 Å². The van der Waals surface area contributed by atoms with Crippen LogP contribution in [0.2, 0.25) is 0 Å². The summed E-state index contributed by atoms with van der Waals surface area (Å²) in [5.41, 5.74) is 0. The van der Waals surface area contributed by atoms with Gasteiger partial charge in [-0.15, -0.1) is 0 Å². The maximum absolute atomic E-state index is 4.93. The van der Waals surface area contributed by atoms with Crippen LogP contribution in [0.3, 0.4) is 0 Å². The third-order valence-electron chi connectivity index (χ3n) is 2.25. The predicted molar refractivity (Wildman–Crippen MR) is 43.7 cm³/mol. The van der Waals surface area contributed by atoms with Crippen LogP contribution in [0.25, 0.3) is 0 Å². The van der Waals surface area contributed by atoms with Crippen LogP contribution in [-0.4, -0.2) is 5.75 Å². The van der Waals surface area contributed by atoms with Crippen LogP contribution >= 0.6 is 12.6 Å². The fourth-order valence-electron chi connectivity index (χ4n) is 1.64. The van der Waals surface area contributed by atoms with Crippen LogP contribution in [-0.2, 0) is 0 Å². The van der Waals surface area contributed by atoms with E-state index in [1.165, 1.54) is 38.5 Å². The largest absolute Gasteiger partial charge is 0.0941 e. The molecule has 1 rings (SSSR count). The SMILES string of the molecule is [S]CCC1CCCCC1. The third-order valence-corrected chi connectivity index (χ3v) is 2.49. The fraction of sp³-hybridized carbons (Fsp3) is 1.00. The number of hydrogen-bond acceptors (Lipinski definition) is 0. The van der Waals surface area contributed by atoms with Gasteiger partial charge in [0.05, 0.1) is 0 Å². The molecule has 0 spiro atoms. The second-order valence-electron chi connectivity index (χ2n) is 3.00. The third kappa shape index (κ3) is 2.61. The lowest BCUT2D eigenvalue weighted by Crippen LogP contribution is -2.06. The highest BCUT2D eigenvalue weighted by molar-refractivity contribution is 7.80. The summed E-state index contributed by atoms with van der Waals surface area (Å²) in [7, 11) is 0. The average molecular weight is 143 g/mol. The molecular formula is C8H15S. The Balaban J connectivity index is 2.08. The Hall–Kier alpha value is 0.350. The molecular weight excluding hydrogens is 128 g/mol. The van der Waals surface area contributed by atoms with Gasteiger partial charge in [-0.1, -0.05) is 44.7 Å². The van der Waals surface area contributed by atoms with Gasteiger partial charge in [-0.25, -0.2) is 0 Å². The lowest BCUT2D eigenvalue weighted by molar-refractivity contribution is 0.352. The maximum atomic E-state index is 4.93. The smallest absolute Gasteiger partial charge is 0.00395 e. The summed E-state index contributed by atoms with van der Waals surface area (Å²) in [6, 6.07) is 0. The first kappa shape index (κ1) is 7.46. The summed E-state index contributed by atoms with van der Waals surface area (Å²) in [6.07, 6.45) is 8.59. The molecule has 9 heavy (non-hydrogen) atoms. The maximum Gasteiger partial charge on any atom is 0.00395 e. The molecule has 1 radical (unpaired) electrons. The quantitative estimate of drug-likeness (QED) is 0.557. The summed E-state index contributed by atoms with van der Waals surface area (Å²) >= 11 is 4.93. The standard InChI is InChI=1S/C8H15S/c9-7-6-8-4-2-1-3-5-8/h8H,1-7H2. The molecule has 0 heterocycles. The zero-order valence-corrected chi connectivity index (χ0v) is 6.75. The first-order chi connectivity index (χ1) is 4.43.